The highest BCUT2D eigenvalue weighted by molar-refractivity contribution is 5.96. The number of para-hydroxylation sites is 1. The Balaban J connectivity index is 1.63. The molecule has 0 atom stereocenters. The van der Waals surface area contributed by atoms with E-state index in [0.29, 0.717) is 30.4 Å². The predicted octanol–water partition coefficient (Wildman–Crippen LogP) is 1.46. The van der Waals surface area contributed by atoms with Crippen molar-refractivity contribution >= 4 is 22.8 Å². The van der Waals surface area contributed by atoms with E-state index >= 15 is 0 Å². The molecule has 1 aliphatic rings. The fourth-order valence-corrected chi connectivity index (χ4v) is 3.16. The number of carbonyl (C=O) groups is 2. The molecule has 1 heterocycles. The van der Waals surface area contributed by atoms with Gasteiger partial charge in [-0.05, 0) is 31.5 Å². The highest BCUT2D eigenvalue weighted by Crippen LogP contribution is 2.26. The monoisotopic (exact) mass is 344 g/mol. The third-order valence-electron chi connectivity index (χ3n) is 4.60. The van der Waals surface area contributed by atoms with Crippen molar-refractivity contribution in [1.29, 1.82) is 0 Å². The Morgan fingerprint density at radius 1 is 1.32 bits per heavy atom. The summed E-state index contributed by atoms with van der Waals surface area (Å²) in [6, 6.07) is 8.63. The quantitative estimate of drug-likeness (QED) is 0.770. The Hall–Kier alpha value is -2.67. The minimum atomic E-state index is -0.858. The molecule has 1 fully saturated rings. The van der Waals surface area contributed by atoms with Gasteiger partial charge in [0.25, 0.3) is 5.91 Å². The van der Waals surface area contributed by atoms with E-state index in [0.717, 1.165) is 0 Å². The van der Waals surface area contributed by atoms with Crippen LogP contribution in [-0.4, -0.2) is 47.1 Å². The van der Waals surface area contributed by atoms with Gasteiger partial charge >= 0.3 is 11.6 Å². The normalized spacial score (nSPS) is 19.6. The largest absolute Gasteiger partial charge is 0.480 e. The lowest BCUT2D eigenvalue weighted by atomic mass is 9.85. The zero-order chi connectivity index (χ0) is 18.0. The molecule has 0 aliphatic heterocycles. The van der Waals surface area contributed by atoms with Crippen molar-refractivity contribution in [3.63, 3.8) is 0 Å². The van der Waals surface area contributed by atoms with Gasteiger partial charge in [-0.2, -0.15) is 0 Å². The first-order chi connectivity index (χ1) is 12.0. The molecule has 1 aromatic heterocycles. The van der Waals surface area contributed by atoms with Crippen LogP contribution in [-0.2, 0) is 4.79 Å². The van der Waals surface area contributed by atoms with Gasteiger partial charge < -0.3 is 14.8 Å². The van der Waals surface area contributed by atoms with Gasteiger partial charge in [-0.25, -0.2) is 4.79 Å². The number of hydrogen-bond donors (Lipinski definition) is 2. The van der Waals surface area contributed by atoms with Gasteiger partial charge in [0.1, 0.15) is 11.1 Å². The third kappa shape index (κ3) is 3.71. The van der Waals surface area contributed by atoms with Crippen LogP contribution in [0.5, 0.6) is 0 Å². The predicted molar refractivity (Wildman–Crippen MR) is 91.6 cm³/mol. The number of carboxylic acid groups (broad SMARTS) is 1. The van der Waals surface area contributed by atoms with Crippen molar-refractivity contribution in [2.24, 2.45) is 0 Å². The molecule has 132 valence electrons. The van der Waals surface area contributed by atoms with Gasteiger partial charge in [0, 0.05) is 17.5 Å². The summed E-state index contributed by atoms with van der Waals surface area (Å²) in [5.74, 6) is -1.31. The number of likely N-dealkylation sites (N-methyl/N-ethyl adjacent to an activating group) is 1. The zero-order valence-corrected chi connectivity index (χ0v) is 13.9. The molecule has 2 aromatic rings. The van der Waals surface area contributed by atoms with Crippen LogP contribution in [0.15, 0.2) is 39.5 Å². The molecular weight excluding hydrogens is 324 g/mol. The number of amides is 1. The average molecular weight is 344 g/mol. The highest BCUT2D eigenvalue weighted by atomic mass is 16.4. The molecule has 0 unspecified atom stereocenters. The summed E-state index contributed by atoms with van der Waals surface area (Å²) >= 11 is 0. The third-order valence-corrected chi connectivity index (χ3v) is 4.60. The lowest BCUT2D eigenvalue weighted by Gasteiger charge is -2.42. The van der Waals surface area contributed by atoms with Crippen molar-refractivity contribution in [2.75, 3.05) is 13.1 Å². The minimum Gasteiger partial charge on any atom is -0.480 e. The van der Waals surface area contributed by atoms with Crippen LogP contribution in [0, 0.1) is 0 Å². The van der Waals surface area contributed by atoms with Crippen molar-refractivity contribution < 1.29 is 19.1 Å². The Morgan fingerprint density at radius 3 is 2.72 bits per heavy atom. The van der Waals surface area contributed by atoms with Crippen LogP contribution in [0.2, 0.25) is 0 Å². The first kappa shape index (κ1) is 17.2. The molecule has 25 heavy (non-hydrogen) atoms. The van der Waals surface area contributed by atoms with E-state index in [1.54, 1.807) is 18.2 Å². The second-order valence-electron chi connectivity index (χ2n) is 6.24. The molecular formula is C18H20N2O5. The van der Waals surface area contributed by atoms with Crippen molar-refractivity contribution in [2.45, 2.75) is 31.8 Å². The number of benzene rings is 1. The standard InChI is InChI=1S/C18H20N2O5/c1-2-20(10-16(21)22)13-8-12(9-13)19-17(23)14-7-11-5-3-4-6-15(11)25-18(14)24/h3-7,12-13H,2,8-10H2,1H3,(H,19,23)(H,21,22). The van der Waals surface area contributed by atoms with Gasteiger partial charge in [0.2, 0.25) is 0 Å². The number of rotatable bonds is 6. The Morgan fingerprint density at radius 2 is 2.04 bits per heavy atom. The zero-order valence-electron chi connectivity index (χ0n) is 13.9. The molecule has 1 saturated carbocycles. The van der Waals surface area contributed by atoms with Gasteiger partial charge in [-0.3, -0.25) is 14.5 Å². The first-order valence-electron chi connectivity index (χ1n) is 8.27. The number of nitrogens with one attached hydrogen (secondary N) is 1. The van der Waals surface area contributed by atoms with E-state index in [-0.39, 0.29) is 24.2 Å². The van der Waals surface area contributed by atoms with E-state index in [1.165, 1.54) is 6.07 Å². The SMILES string of the molecule is CCN(CC(=O)O)C1CC(NC(=O)c2cc3ccccc3oc2=O)C1. The van der Waals surface area contributed by atoms with E-state index in [2.05, 4.69) is 5.32 Å². The maximum Gasteiger partial charge on any atom is 0.349 e. The minimum absolute atomic E-state index is 0.00387. The summed E-state index contributed by atoms with van der Waals surface area (Å²) in [7, 11) is 0. The lowest BCUT2D eigenvalue weighted by molar-refractivity contribution is -0.139. The van der Waals surface area contributed by atoms with Crippen LogP contribution in [0.3, 0.4) is 0 Å². The van der Waals surface area contributed by atoms with Crippen LogP contribution in [0.4, 0.5) is 0 Å². The molecule has 0 spiro atoms. The molecule has 1 aromatic carbocycles. The average Bonchev–Trinajstić information content (AvgIpc) is 2.54. The number of fused-ring (bicyclic) bond motifs is 1. The van der Waals surface area contributed by atoms with Crippen LogP contribution >= 0.6 is 0 Å². The van der Waals surface area contributed by atoms with Crippen molar-refractivity contribution in [3.8, 4) is 0 Å². The summed E-state index contributed by atoms with van der Waals surface area (Å²) in [5, 5.41) is 12.4. The highest BCUT2D eigenvalue weighted by Gasteiger charge is 2.35. The second kappa shape index (κ2) is 7.06. The number of hydrogen-bond acceptors (Lipinski definition) is 5. The van der Waals surface area contributed by atoms with Gasteiger partial charge in [0.15, 0.2) is 0 Å². The summed E-state index contributed by atoms with van der Waals surface area (Å²) in [5.41, 5.74) is -0.229. The fraction of sp³-hybridized carbons (Fsp3) is 0.389. The van der Waals surface area contributed by atoms with Gasteiger partial charge in [0.05, 0.1) is 6.54 Å². The fourth-order valence-electron chi connectivity index (χ4n) is 3.16. The Bertz CT molecular complexity index is 854. The Kier molecular flexibility index (Phi) is 4.85. The topological polar surface area (TPSA) is 99.9 Å². The van der Waals surface area contributed by atoms with Crippen molar-refractivity contribution in [3.05, 3.63) is 46.3 Å². The van der Waals surface area contributed by atoms with Crippen LogP contribution < -0.4 is 10.9 Å². The van der Waals surface area contributed by atoms with Gasteiger partial charge in [-0.1, -0.05) is 25.1 Å². The van der Waals surface area contributed by atoms with E-state index in [1.807, 2.05) is 17.9 Å². The number of nitrogens with zero attached hydrogens (tertiary/aromatic N) is 1. The lowest BCUT2D eigenvalue weighted by Crippen LogP contribution is -2.55. The summed E-state index contributed by atoms with van der Waals surface area (Å²) in [6.07, 6.45) is 1.34. The summed E-state index contributed by atoms with van der Waals surface area (Å²) in [4.78, 5) is 37.1. The van der Waals surface area contributed by atoms with Gasteiger partial charge in [-0.15, -0.1) is 0 Å². The summed E-state index contributed by atoms with van der Waals surface area (Å²) in [6.45, 7) is 2.55. The number of aliphatic carboxylic acids is 1. The summed E-state index contributed by atoms with van der Waals surface area (Å²) < 4.78 is 5.18. The van der Waals surface area contributed by atoms with Crippen LogP contribution in [0.1, 0.15) is 30.1 Å². The van der Waals surface area contributed by atoms with E-state index in [4.69, 9.17) is 9.52 Å². The van der Waals surface area contributed by atoms with E-state index < -0.39 is 17.5 Å². The van der Waals surface area contributed by atoms with E-state index in [9.17, 15) is 14.4 Å². The molecule has 1 amide bonds. The van der Waals surface area contributed by atoms with Crippen molar-refractivity contribution in [1.82, 2.24) is 10.2 Å². The smallest absolute Gasteiger partial charge is 0.349 e. The molecule has 2 N–H and O–H groups in total. The molecule has 7 nitrogen and oxygen atoms in total. The molecule has 0 bridgehead atoms. The first-order valence-corrected chi connectivity index (χ1v) is 8.27. The Labute approximate surface area is 144 Å². The second-order valence-corrected chi connectivity index (χ2v) is 6.24. The molecule has 0 saturated heterocycles. The maximum atomic E-state index is 12.4. The molecule has 1 aliphatic carbocycles. The maximum absolute atomic E-state index is 12.4. The van der Waals surface area contributed by atoms with Crippen LogP contribution in [0.25, 0.3) is 11.0 Å². The number of carboxylic acids is 1. The molecule has 0 radical (unpaired) electrons. The number of carbonyl (C=O) groups excluding carboxylic acids is 1. The molecule has 7 heteroatoms. The molecule has 3 rings (SSSR count).